The summed E-state index contributed by atoms with van der Waals surface area (Å²) < 4.78 is 0. The van der Waals surface area contributed by atoms with Crippen molar-refractivity contribution in [1.29, 1.82) is 0 Å². The zero-order chi connectivity index (χ0) is 9.14. The van der Waals surface area contributed by atoms with Crippen LogP contribution in [0.2, 0.25) is 0 Å². The van der Waals surface area contributed by atoms with Gasteiger partial charge in [0.1, 0.15) is 0 Å². The lowest BCUT2D eigenvalue weighted by molar-refractivity contribution is -0.114. The van der Waals surface area contributed by atoms with Crippen molar-refractivity contribution in [3.8, 4) is 0 Å². The van der Waals surface area contributed by atoms with Gasteiger partial charge in [0.15, 0.2) is 0 Å². The molecule has 2 heteroatoms. The van der Waals surface area contributed by atoms with Crippen molar-refractivity contribution >= 4 is 11.6 Å². The number of anilines is 1. The molecular formula is C10H12NO. The van der Waals surface area contributed by atoms with E-state index in [2.05, 4.69) is 11.4 Å². The summed E-state index contributed by atoms with van der Waals surface area (Å²) in [5.41, 5.74) is 3.02. The molecule has 63 valence electrons. The lowest BCUT2D eigenvalue weighted by Gasteiger charge is -2.07. The summed E-state index contributed by atoms with van der Waals surface area (Å²) in [6, 6.07) is 6.73. The fraction of sp³-hybridized carbons (Fsp3) is 0.300. The summed E-state index contributed by atoms with van der Waals surface area (Å²) in [5, 5.41) is 2.75. The monoisotopic (exact) mass is 162 g/mol. The molecule has 0 saturated heterocycles. The second-order valence-corrected chi connectivity index (χ2v) is 2.82. The minimum Gasteiger partial charge on any atom is -0.326 e. The fourth-order valence-corrected chi connectivity index (χ4v) is 1.01. The van der Waals surface area contributed by atoms with Gasteiger partial charge in [-0.3, -0.25) is 4.79 Å². The van der Waals surface area contributed by atoms with Crippen LogP contribution < -0.4 is 5.32 Å². The van der Waals surface area contributed by atoms with Crippen LogP contribution in [0.25, 0.3) is 0 Å². The first-order chi connectivity index (χ1) is 5.61. The van der Waals surface area contributed by atoms with Gasteiger partial charge in [-0.25, -0.2) is 0 Å². The molecule has 0 aliphatic heterocycles. The number of aryl methyl sites for hydroxylation is 1. The molecule has 2 nitrogen and oxygen atoms in total. The maximum Gasteiger partial charge on any atom is 0.221 e. The van der Waals surface area contributed by atoms with E-state index in [1.165, 1.54) is 6.92 Å². The fourth-order valence-electron chi connectivity index (χ4n) is 1.01. The van der Waals surface area contributed by atoms with E-state index in [1.54, 1.807) is 0 Å². The maximum atomic E-state index is 10.8. The van der Waals surface area contributed by atoms with Gasteiger partial charge in [-0.05, 0) is 37.1 Å². The molecule has 0 aromatic heterocycles. The first-order valence-corrected chi connectivity index (χ1v) is 3.86. The Kier molecular flexibility index (Phi) is 2.48. The molecule has 0 heterocycles. The summed E-state index contributed by atoms with van der Waals surface area (Å²) >= 11 is 0. The van der Waals surface area contributed by atoms with E-state index in [0.29, 0.717) is 0 Å². The molecule has 1 aromatic carbocycles. The van der Waals surface area contributed by atoms with Gasteiger partial charge in [0.05, 0.1) is 0 Å². The molecular weight excluding hydrogens is 150 g/mol. The van der Waals surface area contributed by atoms with Crippen LogP contribution in [0.3, 0.4) is 0 Å². The van der Waals surface area contributed by atoms with Crippen LogP contribution in [-0.2, 0) is 4.79 Å². The van der Waals surface area contributed by atoms with Gasteiger partial charge < -0.3 is 5.32 Å². The van der Waals surface area contributed by atoms with E-state index in [9.17, 15) is 4.79 Å². The third-order valence-corrected chi connectivity index (χ3v) is 1.83. The molecule has 1 radical (unpaired) electrons. The molecule has 1 amide bonds. The van der Waals surface area contributed by atoms with Crippen molar-refractivity contribution in [3.63, 3.8) is 0 Å². The summed E-state index contributed by atoms with van der Waals surface area (Å²) in [7, 11) is 0. The number of amides is 1. The van der Waals surface area contributed by atoms with Crippen molar-refractivity contribution in [2.45, 2.75) is 20.8 Å². The number of hydrogen-bond donors (Lipinski definition) is 1. The van der Waals surface area contributed by atoms with Crippen LogP contribution in [0.1, 0.15) is 18.1 Å². The zero-order valence-corrected chi connectivity index (χ0v) is 7.56. The largest absolute Gasteiger partial charge is 0.326 e. The lowest BCUT2D eigenvalue weighted by Crippen LogP contribution is -2.07. The normalized spacial score (nSPS) is 9.58. The molecule has 0 bridgehead atoms. The van der Waals surface area contributed by atoms with Gasteiger partial charge >= 0.3 is 0 Å². The molecule has 12 heavy (non-hydrogen) atoms. The summed E-state index contributed by atoms with van der Waals surface area (Å²) in [5.74, 6) is -0.0382. The van der Waals surface area contributed by atoms with E-state index in [-0.39, 0.29) is 5.91 Å². The van der Waals surface area contributed by atoms with Crippen molar-refractivity contribution in [2.24, 2.45) is 0 Å². The zero-order valence-electron chi connectivity index (χ0n) is 7.56. The van der Waals surface area contributed by atoms with Gasteiger partial charge in [0, 0.05) is 12.6 Å². The average Bonchev–Trinajstić information content (AvgIpc) is 1.98. The Hall–Kier alpha value is -1.31. The minimum atomic E-state index is -0.0382. The molecule has 0 spiro atoms. The van der Waals surface area contributed by atoms with Crippen molar-refractivity contribution < 1.29 is 4.79 Å². The Balaban J connectivity index is 3.00. The quantitative estimate of drug-likeness (QED) is 0.672. The molecule has 1 N–H and O–H groups in total. The summed E-state index contributed by atoms with van der Waals surface area (Å²) in [4.78, 5) is 10.8. The maximum absolute atomic E-state index is 10.8. The highest BCUT2D eigenvalue weighted by molar-refractivity contribution is 5.89. The Morgan fingerprint density at radius 3 is 2.75 bits per heavy atom. The predicted octanol–water partition coefficient (Wildman–Crippen LogP) is 2.06. The van der Waals surface area contributed by atoms with E-state index in [4.69, 9.17) is 0 Å². The Morgan fingerprint density at radius 2 is 2.17 bits per heavy atom. The highest BCUT2D eigenvalue weighted by Crippen LogP contribution is 2.16. The van der Waals surface area contributed by atoms with Gasteiger partial charge in [0.25, 0.3) is 0 Å². The van der Waals surface area contributed by atoms with Crippen LogP contribution in [0, 0.1) is 19.9 Å². The topological polar surface area (TPSA) is 29.1 Å². The van der Waals surface area contributed by atoms with Crippen LogP contribution in [0.5, 0.6) is 0 Å². The Bertz CT molecular complexity index is 305. The van der Waals surface area contributed by atoms with Gasteiger partial charge in [-0.2, -0.15) is 0 Å². The van der Waals surface area contributed by atoms with Gasteiger partial charge in [0.2, 0.25) is 5.91 Å². The van der Waals surface area contributed by atoms with Crippen molar-refractivity contribution in [2.75, 3.05) is 5.32 Å². The summed E-state index contributed by atoms with van der Waals surface area (Å²) in [6.07, 6.45) is 0. The highest BCUT2D eigenvalue weighted by atomic mass is 16.1. The minimum absolute atomic E-state index is 0.0382. The number of carbonyl (C=O) groups is 1. The first kappa shape index (κ1) is 8.78. The SMILES string of the molecule is CC(=O)Nc1cc[c]c(C)c1C. The molecule has 0 atom stereocenters. The third kappa shape index (κ3) is 1.84. The van der Waals surface area contributed by atoms with E-state index >= 15 is 0 Å². The standard InChI is InChI=1S/C10H12NO/c1-7-5-4-6-10(8(7)2)11-9(3)12/h4,6H,1-3H3,(H,11,12). The molecule has 1 rings (SSSR count). The number of nitrogens with one attached hydrogen (secondary N) is 1. The third-order valence-electron chi connectivity index (χ3n) is 1.83. The van der Waals surface area contributed by atoms with E-state index in [1.807, 2.05) is 26.0 Å². The smallest absolute Gasteiger partial charge is 0.221 e. The first-order valence-electron chi connectivity index (χ1n) is 3.86. The second kappa shape index (κ2) is 3.39. The van der Waals surface area contributed by atoms with Crippen LogP contribution >= 0.6 is 0 Å². The highest BCUT2D eigenvalue weighted by Gasteiger charge is 2.00. The van der Waals surface area contributed by atoms with Gasteiger partial charge in [-0.15, -0.1) is 0 Å². The second-order valence-electron chi connectivity index (χ2n) is 2.82. The molecule has 0 aliphatic carbocycles. The van der Waals surface area contributed by atoms with Crippen LogP contribution in [0.15, 0.2) is 12.1 Å². The molecule has 0 aliphatic rings. The molecule has 0 unspecified atom stereocenters. The molecule has 0 fully saturated rings. The number of rotatable bonds is 1. The predicted molar refractivity (Wildman–Crippen MR) is 49.1 cm³/mol. The Labute approximate surface area is 72.6 Å². The van der Waals surface area contributed by atoms with Crippen LogP contribution in [-0.4, -0.2) is 5.91 Å². The average molecular weight is 162 g/mol. The van der Waals surface area contributed by atoms with Crippen molar-refractivity contribution in [3.05, 3.63) is 29.3 Å². The number of carbonyl (C=O) groups excluding carboxylic acids is 1. The Morgan fingerprint density at radius 1 is 1.50 bits per heavy atom. The lowest BCUT2D eigenvalue weighted by atomic mass is 10.1. The molecule has 1 aromatic rings. The van der Waals surface area contributed by atoms with Gasteiger partial charge in [-0.1, -0.05) is 6.07 Å². The number of benzene rings is 1. The summed E-state index contributed by atoms with van der Waals surface area (Å²) in [6.45, 7) is 5.45. The van der Waals surface area contributed by atoms with Crippen LogP contribution in [0.4, 0.5) is 5.69 Å². The van der Waals surface area contributed by atoms with E-state index in [0.717, 1.165) is 16.8 Å². The molecule has 0 saturated carbocycles. The van der Waals surface area contributed by atoms with Crippen molar-refractivity contribution in [1.82, 2.24) is 0 Å². The van der Waals surface area contributed by atoms with E-state index < -0.39 is 0 Å². The number of hydrogen-bond acceptors (Lipinski definition) is 1.